The third-order valence-corrected chi connectivity index (χ3v) is 3.79. The zero-order valence-corrected chi connectivity index (χ0v) is 8.52. The lowest BCUT2D eigenvalue weighted by molar-refractivity contribution is -0.148. The van der Waals surface area contributed by atoms with E-state index in [-0.39, 0.29) is 17.9 Å². The number of hydrogen-bond donors (Lipinski definition) is 0. The van der Waals surface area contributed by atoms with Crippen LogP contribution in [-0.4, -0.2) is 43.9 Å². The monoisotopic (exact) mass is 196 g/mol. The summed E-state index contributed by atoms with van der Waals surface area (Å²) in [4.78, 5) is 2.50. The molecule has 2 heterocycles. The van der Waals surface area contributed by atoms with Crippen molar-refractivity contribution in [3.05, 3.63) is 0 Å². The molecule has 3 aliphatic rings. The summed E-state index contributed by atoms with van der Waals surface area (Å²) in [6.45, 7) is 4.61. The van der Waals surface area contributed by atoms with Crippen molar-refractivity contribution in [2.45, 2.75) is 18.9 Å². The molecule has 0 spiro atoms. The predicted octanol–water partition coefficient (Wildman–Crippen LogP) is 0.774. The van der Waals surface area contributed by atoms with Crippen LogP contribution in [0.15, 0.2) is 0 Å². The van der Waals surface area contributed by atoms with Gasteiger partial charge in [0, 0.05) is 31.5 Å². The molecular weight excluding hydrogens is 178 g/mol. The lowest BCUT2D eigenvalue weighted by Gasteiger charge is -2.43. The molecule has 0 amide bonds. The molecular formula is C11H18NO2. The van der Waals surface area contributed by atoms with E-state index in [0.29, 0.717) is 13.2 Å². The predicted molar refractivity (Wildman–Crippen MR) is 51.4 cm³/mol. The molecule has 3 fully saturated rings. The van der Waals surface area contributed by atoms with Gasteiger partial charge in [0.05, 0.1) is 13.2 Å². The number of fused-ring (bicyclic) bond motifs is 2. The fraction of sp³-hybridized carbons (Fsp3) is 1.00. The van der Waals surface area contributed by atoms with Crippen molar-refractivity contribution >= 4 is 0 Å². The normalized spacial score (nSPS) is 43.9. The molecule has 79 valence electrons. The quantitative estimate of drug-likeness (QED) is 0.653. The fourth-order valence-corrected chi connectivity index (χ4v) is 2.81. The maximum absolute atomic E-state index is 11.8. The Bertz CT molecular complexity index is 203. The molecule has 2 atom stereocenters. The molecule has 1 radical (unpaired) electrons. The van der Waals surface area contributed by atoms with E-state index in [1.165, 1.54) is 19.4 Å². The van der Waals surface area contributed by atoms with Crippen LogP contribution in [0.25, 0.3) is 0 Å². The Hall–Kier alpha value is -0.120. The zero-order valence-electron chi connectivity index (χ0n) is 8.52. The van der Waals surface area contributed by atoms with Crippen LogP contribution in [0.2, 0.25) is 0 Å². The van der Waals surface area contributed by atoms with E-state index in [4.69, 9.17) is 4.74 Å². The van der Waals surface area contributed by atoms with Crippen molar-refractivity contribution in [2.24, 2.45) is 17.8 Å². The largest absolute Gasteiger partial charge is 0.381 e. The number of likely N-dealkylation sites (tertiary alicyclic amines) is 1. The highest BCUT2D eigenvalue weighted by Gasteiger charge is 2.41. The van der Waals surface area contributed by atoms with Gasteiger partial charge >= 0.3 is 0 Å². The minimum absolute atomic E-state index is 0.265. The van der Waals surface area contributed by atoms with Gasteiger partial charge in [-0.1, -0.05) is 0 Å². The Morgan fingerprint density at radius 2 is 1.79 bits per heavy atom. The highest BCUT2D eigenvalue weighted by Crippen LogP contribution is 2.33. The molecule has 0 aromatic carbocycles. The number of hydrogen-bond acceptors (Lipinski definition) is 2. The van der Waals surface area contributed by atoms with Crippen molar-refractivity contribution in [2.75, 3.05) is 32.8 Å². The summed E-state index contributed by atoms with van der Waals surface area (Å²) in [6.07, 6.45) is 2.46. The van der Waals surface area contributed by atoms with Gasteiger partial charge in [-0.15, -0.1) is 0 Å². The van der Waals surface area contributed by atoms with Gasteiger partial charge < -0.3 is 9.64 Å². The molecule has 1 aliphatic carbocycles. The van der Waals surface area contributed by atoms with E-state index >= 15 is 0 Å². The zero-order chi connectivity index (χ0) is 9.54. The number of rotatable bonds is 2. The first-order valence-corrected chi connectivity index (χ1v) is 5.79. The molecule has 14 heavy (non-hydrogen) atoms. The Morgan fingerprint density at radius 3 is 2.36 bits per heavy atom. The molecule has 3 nitrogen and oxygen atoms in total. The summed E-state index contributed by atoms with van der Waals surface area (Å²) >= 11 is 0. The average molecular weight is 196 g/mol. The maximum Gasteiger partial charge on any atom is 0.105 e. The van der Waals surface area contributed by atoms with E-state index in [1.807, 2.05) is 0 Å². The van der Waals surface area contributed by atoms with E-state index in [1.54, 1.807) is 0 Å². The first-order chi connectivity index (χ1) is 6.83. The second-order valence-electron chi connectivity index (χ2n) is 5.18. The van der Waals surface area contributed by atoms with E-state index < -0.39 is 0 Å². The third kappa shape index (κ3) is 1.69. The van der Waals surface area contributed by atoms with Crippen LogP contribution in [-0.2, 0) is 9.84 Å². The minimum atomic E-state index is -0.348. The van der Waals surface area contributed by atoms with Crippen molar-refractivity contribution < 1.29 is 9.84 Å². The van der Waals surface area contributed by atoms with Crippen LogP contribution in [0.4, 0.5) is 0 Å². The summed E-state index contributed by atoms with van der Waals surface area (Å²) in [5, 5.41) is 11.8. The maximum atomic E-state index is 11.8. The molecule has 3 rings (SSSR count). The summed E-state index contributed by atoms with van der Waals surface area (Å²) in [7, 11) is 0. The van der Waals surface area contributed by atoms with E-state index in [9.17, 15) is 5.11 Å². The van der Waals surface area contributed by atoms with Crippen molar-refractivity contribution in [1.82, 2.24) is 4.90 Å². The highest BCUT2D eigenvalue weighted by molar-refractivity contribution is 4.91. The molecule has 0 N–H and O–H groups in total. The van der Waals surface area contributed by atoms with Gasteiger partial charge in [-0.3, -0.25) is 0 Å². The van der Waals surface area contributed by atoms with Crippen LogP contribution >= 0.6 is 0 Å². The van der Waals surface area contributed by atoms with Crippen LogP contribution < -0.4 is 0 Å². The molecule has 3 heteroatoms. The van der Waals surface area contributed by atoms with Gasteiger partial charge in [-0.25, -0.2) is 5.11 Å². The number of nitrogens with zero attached hydrogens (tertiary/aromatic N) is 1. The van der Waals surface area contributed by atoms with Crippen LogP contribution in [0.1, 0.15) is 12.8 Å². The summed E-state index contributed by atoms with van der Waals surface area (Å²) in [5.41, 5.74) is 0. The van der Waals surface area contributed by atoms with E-state index in [2.05, 4.69) is 4.90 Å². The van der Waals surface area contributed by atoms with Gasteiger partial charge in [0.25, 0.3) is 0 Å². The van der Waals surface area contributed by atoms with Gasteiger partial charge in [0.2, 0.25) is 0 Å². The van der Waals surface area contributed by atoms with Gasteiger partial charge in [-0.2, -0.15) is 0 Å². The lowest BCUT2D eigenvalue weighted by atomic mass is 9.85. The SMILES string of the molecule is [O]C1C2COCC1CN(CC1CC1)C2. The van der Waals surface area contributed by atoms with Crippen molar-refractivity contribution in [3.8, 4) is 0 Å². The molecule has 2 unspecified atom stereocenters. The summed E-state index contributed by atoms with van der Waals surface area (Å²) < 4.78 is 5.45. The molecule has 2 bridgehead atoms. The van der Waals surface area contributed by atoms with Crippen LogP contribution in [0.5, 0.6) is 0 Å². The fourth-order valence-electron chi connectivity index (χ4n) is 2.81. The lowest BCUT2D eigenvalue weighted by Crippen LogP contribution is -2.55. The standard InChI is InChI=1S/C11H18NO2/c13-11-9-4-12(3-8-1-2-8)5-10(11)7-14-6-9/h8-11H,1-7H2. The Balaban J connectivity index is 1.62. The molecule has 0 aromatic heterocycles. The second kappa shape index (κ2) is 3.47. The minimum Gasteiger partial charge on any atom is -0.381 e. The molecule has 0 aromatic rings. The first kappa shape index (κ1) is 9.13. The molecule has 1 saturated carbocycles. The average Bonchev–Trinajstić information content (AvgIpc) is 2.90. The smallest absolute Gasteiger partial charge is 0.105 e. The Kier molecular flexibility index (Phi) is 2.26. The summed E-state index contributed by atoms with van der Waals surface area (Å²) in [6, 6.07) is 0. The Morgan fingerprint density at radius 1 is 1.14 bits per heavy atom. The third-order valence-electron chi connectivity index (χ3n) is 3.79. The number of ether oxygens (including phenoxy) is 1. The van der Waals surface area contributed by atoms with Crippen molar-refractivity contribution in [1.29, 1.82) is 0 Å². The first-order valence-electron chi connectivity index (χ1n) is 5.79. The second-order valence-corrected chi connectivity index (χ2v) is 5.18. The molecule has 2 aliphatic heterocycles. The van der Waals surface area contributed by atoms with Gasteiger partial charge in [0.15, 0.2) is 0 Å². The van der Waals surface area contributed by atoms with Crippen LogP contribution in [0, 0.1) is 17.8 Å². The van der Waals surface area contributed by atoms with Gasteiger partial charge in [0.1, 0.15) is 6.10 Å². The van der Waals surface area contributed by atoms with Crippen LogP contribution in [0.3, 0.4) is 0 Å². The number of piperidine rings is 1. The Labute approximate surface area is 85.0 Å². The van der Waals surface area contributed by atoms with Gasteiger partial charge in [-0.05, 0) is 18.8 Å². The summed E-state index contributed by atoms with van der Waals surface area (Å²) in [5.74, 6) is 1.47. The highest BCUT2D eigenvalue weighted by atomic mass is 16.5. The topological polar surface area (TPSA) is 32.4 Å². The van der Waals surface area contributed by atoms with Crippen molar-refractivity contribution in [3.63, 3.8) is 0 Å². The van der Waals surface area contributed by atoms with E-state index in [0.717, 1.165) is 19.0 Å². The molecule has 2 saturated heterocycles.